The predicted molar refractivity (Wildman–Crippen MR) is 144 cm³/mol. The molecule has 2 saturated heterocycles. The lowest BCUT2D eigenvalue weighted by molar-refractivity contribution is -0.144. The Hall–Kier alpha value is -3.64. The summed E-state index contributed by atoms with van der Waals surface area (Å²) in [6.07, 6.45) is 0.968. The van der Waals surface area contributed by atoms with Crippen LogP contribution in [-0.2, 0) is 6.42 Å². The fourth-order valence-corrected chi connectivity index (χ4v) is 6.35. The van der Waals surface area contributed by atoms with Gasteiger partial charge < -0.3 is 19.9 Å². The van der Waals surface area contributed by atoms with Gasteiger partial charge in [-0.25, -0.2) is 14.2 Å². The van der Waals surface area contributed by atoms with E-state index >= 15 is 4.39 Å². The average molecular weight is 592 g/mol. The number of anilines is 1. The van der Waals surface area contributed by atoms with Crippen molar-refractivity contribution in [2.75, 3.05) is 25.0 Å². The number of urea groups is 1. The van der Waals surface area contributed by atoms with Crippen LogP contribution in [0.15, 0.2) is 47.5 Å². The summed E-state index contributed by atoms with van der Waals surface area (Å²) in [6.45, 7) is -0.541. The second kappa shape index (κ2) is 10.6. The number of alkyl halides is 3. The van der Waals surface area contributed by atoms with Gasteiger partial charge in [0.2, 0.25) is 11.4 Å². The van der Waals surface area contributed by atoms with Crippen molar-refractivity contribution in [1.82, 2.24) is 19.8 Å². The lowest BCUT2D eigenvalue weighted by atomic mass is 9.95. The van der Waals surface area contributed by atoms with Gasteiger partial charge in [0.25, 0.3) is 0 Å². The number of aromatic amines is 1. The zero-order chi connectivity index (χ0) is 28.9. The summed E-state index contributed by atoms with van der Waals surface area (Å²) in [6, 6.07) is 6.59. The summed E-state index contributed by atoms with van der Waals surface area (Å²) in [5.74, 6) is -0.433. The van der Waals surface area contributed by atoms with Gasteiger partial charge in [-0.2, -0.15) is 13.2 Å². The molecule has 3 atom stereocenters. The van der Waals surface area contributed by atoms with Crippen LogP contribution in [0.2, 0.25) is 5.02 Å². The first-order chi connectivity index (χ1) is 19.5. The van der Waals surface area contributed by atoms with Crippen LogP contribution < -0.4 is 15.6 Å². The molecule has 2 aromatic heterocycles. The predicted octanol–water partition coefficient (Wildman–Crippen LogP) is 5.54. The molecule has 8 nitrogen and oxygen atoms in total. The lowest BCUT2D eigenvalue weighted by Crippen LogP contribution is -2.44. The molecular weight excluding hydrogens is 566 g/mol. The van der Waals surface area contributed by atoms with Crippen LogP contribution in [0, 0.1) is 5.82 Å². The largest absolute Gasteiger partial charge is 0.473 e. The fraction of sp³-hybridized carbons (Fsp3) is 0.393. The summed E-state index contributed by atoms with van der Waals surface area (Å²) < 4.78 is 58.8. The van der Waals surface area contributed by atoms with Gasteiger partial charge in [0, 0.05) is 54.8 Å². The fourth-order valence-electron chi connectivity index (χ4n) is 6.08. The van der Waals surface area contributed by atoms with Crippen molar-refractivity contribution in [3.05, 3.63) is 75.0 Å². The third kappa shape index (κ3) is 5.76. The standard InChI is InChI=1S/C28H26ClF4N5O3/c29-21-10-23(36-27(40)38-17-2-3-24(38)20-12-34-25(39)8-16(20)7-17)22(30)9-19(21)15-1-4-26(35-11-15)41-18-5-6-37(13-18)14-28(31,32)33/h1,4,8-12,17-18,24H,2-3,5-7,13-14H2,(H,34,39)(H,36,40)/t17?,18-,24?/m0/s1. The maximum atomic E-state index is 15.2. The van der Waals surface area contributed by atoms with E-state index in [2.05, 4.69) is 15.3 Å². The minimum Gasteiger partial charge on any atom is -0.473 e. The van der Waals surface area contributed by atoms with Crippen LogP contribution in [0.5, 0.6) is 5.88 Å². The molecule has 13 heteroatoms. The van der Waals surface area contributed by atoms with Gasteiger partial charge in [-0.15, -0.1) is 0 Å². The highest BCUT2D eigenvalue weighted by atomic mass is 35.5. The number of carbonyl (C=O) groups is 1. The number of aromatic nitrogens is 2. The number of amides is 2. The van der Waals surface area contributed by atoms with E-state index in [1.54, 1.807) is 29.3 Å². The number of benzene rings is 1. The number of pyridine rings is 2. The Labute approximate surface area is 237 Å². The first-order valence-electron chi connectivity index (χ1n) is 13.3. The second-order valence-corrected chi connectivity index (χ2v) is 11.0. The molecule has 1 aromatic carbocycles. The zero-order valence-electron chi connectivity index (χ0n) is 21.7. The van der Waals surface area contributed by atoms with E-state index in [4.69, 9.17) is 16.3 Å². The van der Waals surface area contributed by atoms with E-state index in [0.717, 1.165) is 24.0 Å². The molecule has 0 saturated carbocycles. The van der Waals surface area contributed by atoms with Crippen molar-refractivity contribution in [2.24, 2.45) is 0 Å². The van der Waals surface area contributed by atoms with E-state index in [1.807, 2.05) is 0 Å². The van der Waals surface area contributed by atoms with Gasteiger partial charge in [-0.1, -0.05) is 11.6 Å². The molecule has 3 aromatic rings. The average Bonchev–Trinajstić information content (AvgIpc) is 3.47. The number of rotatable bonds is 5. The van der Waals surface area contributed by atoms with Gasteiger partial charge >= 0.3 is 12.2 Å². The molecule has 0 radical (unpaired) electrons. The first kappa shape index (κ1) is 27.5. The van der Waals surface area contributed by atoms with Crippen molar-refractivity contribution in [1.29, 1.82) is 0 Å². The smallest absolute Gasteiger partial charge is 0.401 e. The molecule has 3 aliphatic rings. The molecule has 2 bridgehead atoms. The second-order valence-electron chi connectivity index (χ2n) is 10.6. The quantitative estimate of drug-likeness (QED) is 0.380. The molecule has 2 amide bonds. The van der Waals surface area contributed by atoms with Gasteiger partial charge in [-0.05, 0) is 55.0 Å². The molecule has 6 rings (SSSR count). The van der Waals surface area contributed by atoms with Crippen LogP contribution in [-0.4, -0.2) is 63.8 Å². The molecule has 2 unspecified atom stereocenters. The molecule has 0 aliphatic carbocycles. The third-order valence-corrected chi connectivity index (χ3v) is 8.18. The van der Waals surface area contributed by atoms with Crippen LogP contribution in [0.3, 0.4) is 0 Å². The Kier molecular flexibility index (Phi) is 7.14. The summed E-state index contributed by atoms with van der Waals surface area (Å²) in [7, 11) is 0. The van der Waals surface area contributed by atoms with E-state index in [0.29, 0.717) is 24.0 Å². The molecule has 0 spiro atoms. The number of ether oxygens (including phenoxy) is 1. The Morgan fingerprint density at radius 2 is 2.02 bits per heavy atom. The van der Waals surface area contributed by atoms with E-state index in [-0.39, 0.29) is 47.3 Å². The Balaban J connectivity index is 1.12. The minimum absolute atomic E-state index is 0.0621. The van der Waals surface area contributed by atoms with Gasteiger partial charge in [0.15, 0.2) is 0 Å². The third-order valence-electron chi connectivity index (χ3n) is 7.86. The number of fused-ring (bicyclic) bond motifs is 4. The Morgan fingerprint density at radius 3 is 2.78 bits per heavy atom. The summed E-state index contributed by atoms with van der Waals surface area (Å²) in [4.78, 5) is 34.9. The normalized spacial score (nSPS) is 22.1. The molecule has 2 fully saturated rings. The first-order valence-corrected chi connectivity index (χ1v) is 13.6. The van der Waals surface area contributed by atoms with Crippen molar-refractivity contribution < 1.29 is 27.1 Å². The lowest BCUT2D eigenvalue weighted by Gasteiger charge is -2.36. The maximum Gasteiger partial charge on any atom is 0.401 e. The number of H-pyrrole nitrogens is 1. The van der Waals surface area contributed by atoms with Crippen molar-refractivity contribution in [3.63, 3.8) is 0 Å². The minimum atomic E-state index is -4.26. The number of nitrogens with zero attached hydrogens (tertiary/aromatic N) is 3. The molecular formula is C28H26ClF4N5O3. The van der Waals surface area contributed by atoms with Gasteiger partial charge in [0.05, 0.1) is 23.3 Å². The van der Waals surface area contributed by atoms with Crippen LogP contribution >= 0.6 is 11.6 Å². The highest BCUT2D eigenvalue weighted by molar-refractivity contribution is 6.33. The number of hydrogen-bond acceptors (Lipinski definition) is 5. The number of nitrogens with one attached hydrogen (secondary N) is 2. The highest BCUT2D eigenvalue weighted by Gasteiger charge is 2.43. The van der Waals surface area contributed by atoms with E-state index in [9.17, 15) is 22.8 Å². The van der Waals surface area contributed by atoms with E-state index in [1.165, 1.54) is 23.2 Å². The van der Waals surface area contributed by atoms with Gasteiger partial charge in [-0.3, -0.25) is 9.69 Å². The monoisotopic (exact) mass is 591 g/mol. The number of halogens is 5. The Morgan fingerprint density at radius 1 is 1.20 bits per heavy atom. The molecule has 2 N–H and O–H groups in total. The topological polar surface area (TPSA) is 90.6 Å². The summed E-state index contributed by atoms with van der Waals surface area (Å²) >= 11 is 6.48. The summed E-state index contributed by atoms with van der Waals surface area (Å²) in [5, 5.41) is 2.85. The maximum absolute atomic E-state index is 15.2. The van der Waals surface area contributed by atoms with Crippen LogP contribution in [0.4, 0.5) is 28.0 Å². The SMILES string of the molecule is O=C(Nc1cc(Cl)c(-c2ccc(O[C@H]3CCN(CC(F)(F)F)C3)nc2)cc1F)N1C2CCC1c1c[nH]c(=O)cc1C2. The van der Waals surface area contributed by atoms with Crippen molar-refractivity contribution >= 4 is 23.3 Å². The molecule has 5 heterocycles. The number of likely N-dealkylation sites (tertiary alicyclic amines) is 1. The van der Waals surface area contributed by atoms with E-state index < -0.39 is 30.7 Å². The van der Waals surface area contributed by atoms with Crippen LogP contribution in [0.1, 0.15) is 36.4 Å². The Bertz CT molecular complexity index is 1530. The molecule has 216 valence electrons. The zero-order valence-corrected chi connectivity index (χ0v) is 22.4. The number of hydrogen-bond donors (Lipinski definition) is 2. The highest BCUT2D eigenvalue weighted by Crippen LogP contribution is 2.43. The van der Waals surface area contributed by atoms with Gasteiger partial charge in [0.1, 0.15) is 11.9 Å². The van der Waals surface area contributed by atoms with Crippen molar-refractivity contribution in [2.45, 2.75) is 50.0 Å². The van der Waals surface area contributed by atoms with Crippen molar-refractivity contribution in [3.8, 4) is 17.0 Å². The van der Waals surface area contributed by atoms with Crippen LogP contribution in [0.25, 0.3) is 11.1 Å². The summed E-state index contributed by atoms with van der Waals surface area (Å²) in [5.41, 5.74) is 2.45. The molecule has 3 aliphatic heterocycles. The molecule has 41 heavy (non-hydrogen) atoms. The number of carbonyl (C=O) groups excluding carboxylic acids is 1.